The molecule has 7 nitrogen and oxygen atoms in total. The van der Waals surface area contributed by atoms with Gasteiger partial charge in [-0.3, -0.25) is 9.59 Å². The summed E-state index contributed by atoms with van der Waals surface area (Å²) in [6.45, 7) is 6.03. The fourth-order valence-electron chi connectivity index (χ4n) is 3.02. The maximum absolute atomic E-state index is 13.0. The van der Waals surface area contributed by atoms with E-state index in [2.05, 4.69) is 4.99 Å². The van der Waals surface area contributed by atoms with Crippen LogP contribution in [0.3, 0.4) is 0 Å². The lowest BCUT2D eigenvalue weighted by Crippen LogP contribution is -2.23. The van der Waals surface area contributed by atoms with Crippen molar-refractivity contribution in [2.75, 3.05) is 20.8 Å². The van der Waals surface area contributed by atoms with E-state index in [1.54, 1.807) is 29.7 Å². The Bertz CT molecular complexity index is 1180. The number of aromatic nitrogens is 1. The molecule has 0 N–H and O–H groups in total. The normalized spacial score (nSPS) is 11.6. The number of hydrogen-bond donors (Lipinski definition) is 0. The van der Waals surface area contributed by atoms with Crippen LogP contribution in [0, 0.1) is 13.8 Å². The van der Waals surface area contributed by atoms with E-state index in [0.717, 1.165) is 21.3 Å². The second-order valence-electron chi connectivity index (χ2n) is 6.66. The molecule has 0 saturated carbocycles. The van der Waals surface area contributed by atoms with E-state index in [1.165, 1.54) is 25.6 Å². The molecule has 0 unspecified atom stereocenters. The number of fused-ring (bicyclic) bond motifs is 1. The van der Waals surface area contributed by atoms with Crippen LogP contribution in [0.15, 0.2) is 35.3 Å². The number of benzene rings is 2. The number of ether oxygens (including phenoxy) is 3. The van der Waals surface area contributed by atoms with Crippen molar-refractivity contribution in [3.8, 4) is 11.5 Å². The topological polar surface area (TPSA) is 79.1 Å². The van der Waals surface area contributed by atoms with Gasteiger partial charge in [0.1, 0.15) is 18.0 Å². The SMILES string of the molecule is CCOC(=O)Cn1c(=NC(=O)c2cc(OC)ccc2OC)sc2cc(C)c(C)cc21. The van der Waals surface area contributed by atoms with Crippen molar-refractivity contribution in [3.63, 3.8) is 0 Å². The van der Waals surface area contributed by atoms with Crippen molar-refractivity contribution in [2.45, 2.75) is 27.3 Å². The summed E-state index contributed by atoms with van der Waals surface area (Å²) in [5, 5.41) is 0. The van der Waals surface area contributed by atoms with Crippen LogP contribution in [0.2, 0.25) is 0 Å². The van der Waals surface area contributed by atoms with E-state index in [-0.39, 0.29) is 24.7 Å². The molecule has 1 amide bonds. The summed E-state index contributed by atoms with van der Waals surface area (Å²) in [5.41, 5.74) is 3.33. The predicted molar refractivity (Wildman–Crippen MR) is 115 cm³/mol. The van der Waals surface area contributed by atoms with Gasteiger partial charge in [0.15, 0.2) is 4.80 Å². The van der Waals surface area contributed by atoms with Crippen molar-refractivity contribution in [3.05, 3.63) is 51.8 Å². The zero-order valence-electron chi connectivity index (χ0n) is 17.6. The molecule has 0 aliphatic heterocycles. The van der Waals surface area contributed by atoms with Gasteiger partial charge in [0, 0.05) is 0 Å². The minimum atomic E-state index is -0.483. The molecule has 1 aromatic heterocycles. The summed E-state index contributed by atoms with van der Waals surface area (Å²) >= 11 is 1.35. The molecule has 2 aromatic carbocycles. The standard InChI is InChI=1S/C22H24N2O5S/c1-6-29-20(25)12-24-17-9-13(2)14(3)10-19(17)30-22(24)23-21(26)16-11-15(27-4)7-8-18(16)28-5/h7-11H,6,12H2,1-5H3. The molecule has 0 radical (unpaired) electrons. The third kappa shape index (κ3) is 4.38. The number of carbonyl (C=O) groups excluding carboxylic acids is 2. The smallest absolute Gasteiger partial charge is 0.326 e. The molecule has 0 aliphatic carbocycles. The first-order valence-corrected chi connectivity index (χ1v) is 10.3. The Labute approximate surface area is 178 Å². The van der Waals surface area contributed by atoms with Gasteiger partial charge in [-0.1, -0.05) is 11.3 Å². The number of methoxy groups -OCH3 is 2. The second kappa shape index (κ2) is 9.13. The van der Waals surface area contributed by atoms with Crippen molar-refractivity contribution in [2.24, 2.45) is 4.99 Å². The van der Waals surface area contributed by atoms with Crippen LogP contribution in [0.4, 0.5) is 0 Å². The maximum Gasteiger partial charge on any atom is 0.326 e. The first kappa shape index (κ1) is 21.6. The molecule has 3 rings (SSSR count). The van der Waals surface area contributed by atoms with Crippen molar-refractivity contribution >= 4 is 33.4 Å². The van der Waals surface area contributed by atoms with Gasteiger partial charge in [-0.2, -0.15) is 4.99 Å². The van der Waals surface area contributed by atoms with E-state index in [0.29, 0.717) is 16.3 Å². The van der Waals surface area contributed by atoms with Gasteiger partial charge in [0.05, 0.1) is 36.6 Å². The molecular weight excluding hydrogens is 404 g/mol. The molecule has 3 aromatic rings. The number of hydrogen-bond acceptors (Lipinski definition) is 6. The van der Waals surface area contributed by atoms with E-state index in [4.69, 9.17) is 14.2 Å². The largest absolute Gasteiger partial charge is 0.497 e. The molecule has 30 heavy (non-hydrogen) atoms. The quantitative estimate of drug-likeness (QED) is 0.560. The van der Waals surface area contributed by atoms with Crippen molar-refractivity contribution in [1.29, 1.82) is 0 Å². The highest BCUT2D eigenvalue weighted by molar-refractivity contribution is 7.16. The van der Waals surface area contributed by atoms with E-state index in [9.17, 15) is 9.59 Å². The third-order valence-electron chi connectivity index (χ3n) is 4.73. The Hall–Kier alpha value is -3.13. The van der Waals surface area contributed by atoms with Gasteiger partial charge in [0.2, 0.25) is 0 Å². The highest BCUT2D eigenvalue weighted by atomic mass is 32.1. The fraction of sp³-hybridized carbons (Fsp3) is 0.318. The average molecular weight is 429 g/mol. The van der Waals surface area contributed by atoms with Gasteiger partial charge in [0.25, 0.3) is 5.91 Å². The van der Waals surface area contributed by atoms with E-state index in [1.807, 2.05) is 26.0 Å². The highest BCUT2D eigenvalue weighted by Crippen LogP contribution is 2.25. The molecule has 0 spiro atoms. The van der Waals surface area contributed by atoms with Gasteiger partial charge >= 0.3 is 5.97 Å². The number of aryl methyl sites for hydroxylation is 2. The predicted octanol–water partition coefficient (Wildman–Crippen LogP) is 3.64. The molecule has 0 fully saturated rings. The van der Waals surface area contributed by atoms with Gasteiger partial charge in [-0.05, 0) is 62.2 Å². The Morgan fingerprint density at radius 2 is 1.80 bits per heavy atom. The summed E-state index contributed by atoms with van der Waals surface area (Å²) < 4.78 is 18.3. The minimum Gasteiger partial charge on any atom is -0.497 e. The Kier molecular flexibility index (Phi) is 6.56. The van der Waals surface area contributed by atoms with Gasteiger partial charge in [-0.25, -0.2) is 0 Å². The zero-order chi connectivity index (χ0) is 21.8. The number of amides is 1. The van der Waals surface area contributed by atoms with Crippen LogP contribution in [0.25, 0.3) is 10.2 Å². The summed E-state index contributed by atoms with van der Waals surface area (Å²) in [6, 6.07) is 8.98. The van der Waals surface area contributed by atoms with Crippen LogP contribution in [0.5, 0.6) is 11.5 Å². The summed E-state index contributed by atoms with van der Waals surface area (Å²) in [7, 11) is 3.02. The number of rotatable bonds is 6. The number of esters is 1. The summed E-state index contributed by atoms with van der Waals surface area (Å²) in [4.78, 5) is 29.9. The summed E-state index contributed by atoms with van der Waals surface area (Å²) in [5.74, 6) is 0.0530. The lowest BCUT2D eigenvalue weighted by molar-refractivity contribution is -0.143. The third-order valence-corrected chi connectivity index (χ3v) is 5.77. The lowest BCUT2D eigenvalue weighted by atomic mass is 10.1. The second-order valence-corrected chi connectivity index (χ2v) is 7.67. The average Bonchev–Trinajstić information content (AvgIpc) is 3.03. The first-order chi connectivity index (χ1) is 14.4. The van der Waals surface area contributed by atoms with Crippen molar-refractivity contribution in [1.82, 2.24) is 4.57 Å². The molecule has 158 valence electrons. The summed E-state index contributed by atoms with van der Waals surface area (Å²) in [6.07, 6.45) is 0. The van der Waals surface area contributed by atoms with Gasteiger partial charge in [-0.15, -0.1) is 0 Å². The van der Waals surface area contributed by atoms with Crippen LogP contribution in [-0.4, -0.2) is 37.3 Å². The molecular formula is C22H24N2O5S. The maximum atomic E-state index is 13.0. The van der Waals surface area contributed by atoms with Gasteiger partial charge < -0.3 is 18.8 Å². The number of carbonyl (C=O) groups is 2. The lowest BCUT2D eigenvalue weighted by Gasteiger charge is -2.08. The van der Waals surface area contributed by atoms with Crippen LogP contribution < -0.4 is 14.3 Å². The first-order valence-electron chi connectivity index (χ1n) is 9.45. The van der Waals surface area contributed by atoms with Crippen molar-refractivity contribution < 1.29 is 23.8 Å². The highest BCUT2D eigenvalue weighted by Gasteiger charge is 2.16. The monoisotopic (exact) mass is 428 g/mol. The molecule has 8 heteroatoms. The fourth-order valence-corrected chi connectivity index (χ4v) is 4.13. The van der Waals surface area contributed by atoms with Crippen LogP contribution in [0.1, 0.15) is 28.4 Å². The molecule has 1 heterocycles. The van der Waals surface area contributed by atoms with E-state index < -0.39 is 5.91 Å². The van der Waals surface area contributed by atoms with E-state index >= 15 is 0 Å². The van der Waals surface area contributed by atoms with Crippen LogP contribution >= 0.6 is 11.3 Å². The zero-order valence-corrected chi connectivity index (χ0v) is 18.5. The Balaban J connectivity index is 2.17. The molecule has 0 atom stereocenters. The molecule has 0 aliphatic rings. The molecule has 0 bridgehead atoms. The van der Waals surface area contributed by atoms with Crippen LogP contribution in [-0.2, 0) is 16.1 Å². The Morgan fingerprint density at radius 1 is 1.07 bits per heavy atom. The number of nitrogens with zero attached hydrogens (tertiary/aromatic N) is 2. The Morgan fingerprint density at radius 3 is 2.47 bits per heavy atom. The number of thiazole rings is 1. The molecule has 0 saturated heterocycles. The minimum absolute atomic E-state index is 0.0301.